The van der Waals surface area contributed by atoms with Crippen molar-refractivity contribution < 1.29 is 4.79 Å². The SMILES string of the molecule is CC(Sc1nncn1-c1ccccc1)C(=O)c1ccccc1. The van der Waals surface area contributed by atoms with E-state index in [-0.39, 0.29) is 11.0 Å². The van der Waals surface area contributed by atoms with E-state index in [1.807, 2.05) is 72.2 Å². The number of benzene rings is 2. The van der Waals surface area contributed by atoms with Gasteiger partial charge in [0, 0.05) is 11.3 Å². The first-order valence-electron chi connectivity index (χ1n) is 6.97. The molecule has 5 heteroatoms. The molecule has 2 aromatic carbocycles. The number of Topliss-reactive ketones (excluding diaryl/α,β-unsaturated/α-hetero) is 1. The van der Waals surface area contributed by atoms with E-state index in [0.29, 0.717) is 10.7 Å². The van der Waals surface area contributed by atoms with Crippen LogP contribution in [0.3, 0.4) is 0 Å². The van der Waals surface area contributed by atoms with Crippen LogP contribution in [-0.4, -0.2) is 25.8 Å². The summed E-state index contributed by atoms with van der Waals surface area (Å²) in [5.74, 6) is 0.0909. The number of para-hydroxylation sites is 1. The highest BCUT2D eigenvalue weighted by Gasteiger charge is 2.19. The Labute approximate surface area is 133 Å². The van der Waals surface area contributed by atoms with Crippen LogP contribution in [0.2, 0.25) is 0 Å². The van der Waals surface area contributed by atoms with Crippen molar-refractivity contribution in [2.45, 2.75) is 17.3 Å². The lowest BCUT2D eigenvalue weighted by atomic mass is 10.1. The van der Waals surface area contributed by atoms with Crippen molar-refractivity contribution in [1.82, 2.24) is 14.8 Å². The molecule has 0 bridgehead atoms. The van der Waals surface area contributed by atoms with Gasteiger partial charge in [0.05, 0.1) is 5.25 Å². The van der Waals surface area contributed by atoms with Gasteiger partial charge < -0.3 is 0 Å². The van der Waals surface area contributed by atoms with Crippen LogP contribution in [-0.2, 0) is 0 Å². The van der Waals surface area contributed by atoms with Gasteiger partial charge >= 0.3 is 0 Å². The smallest absolute Gasteiger partial charge is 0.196 e. The average molecular weight is 309 g/mol. The summed E-state index contributed by atoms with van der Waals surface area (Å²) < 4.78 is 1.89. The zero-order valence-electron chi connectivity index (χ0n) is 12.1. The Morgan fingerprint density at radius 3 is 2.36 bits per heavy atom. The Bertz CT molecular complexity index is 756. The van der Waals surface area contributed by atoms with E-state index in [1.54, 1.807) is 6.33 Å². The van der Waals surface area contributed by atoms with Crippen molar-refractivity contribution in [3.63, 3.8) is 0 Å². The topological polar surface area (TPSA) is 47.8 Å². The maximum Gasteiger partial charge on any atom is 0.196 e. The van der Waals surface area contributed by atoms with E-state index < -0.39 is 0 Å². The van der Waals surface area contributed by atoms with Crippen LogP contribution >= 0.6 is 11.8 Å². The van der Waals surface area contributed by atoms with Gasteiger partial charge in [-0.25, -0.2) is 0 Å². The molecule has 0 aliphatic carbocycles. The Balaban J connectivity index is 1.80. The van der Waals surface area contributed by atoms with Crippen molar-refractivity contribution in [2.75, 3.05) is 0 Å². The summed E-state index contributed by atoms with van der Waals surface area (Å²) in [6.45, 7) is 1.89. The second-order valence-corrected chi connectivity index (χ2v) is 6.12. The van der Waals surface area contributed by atoms with E-state index in [1.165, 1.54) is 11.8 Å². The molecule has 0 fully saturated rings. The lowest BCUT2D eigenvalue weighted by Gasteiger charge is -2.11. The number of thioether (sulfide) groups is 1. The van der Waals surface area contributed by atoms with Crippen LogP contribution in [0.15, 0.2) is 72.1 Å². The molecule has 0 saturated carbocycles. The van der Waals surface area contributed by atoms with Crippen LogP contribution in [0.1, 0.15) is 17.3 Å². The van der Waals surface area contributed by atoms with Gasteiger partial charge in [-0.3, -0.25) is 9.36 Å². The Hall–Kier alpha value is -2.40. The second-order valence-electron chi connectivity index (χ2n) is 4.81. The van der Waals surface area contributed by atoms with E-state index in [9.17, 15) is 4.79 Å². The number of nitrogens with zero attached hydrogens (tertiary/aromatic N) is 3. The zero-order valence-corrected chi connectivity index (χ0v) is 12.9. The standard InChI is InChI=1S/C17H15N3OS/c1-13(16(21)14-8-4-2-5-9-14)22-17-19-18-12-20(17)15-10-6-3-7-11-15/h2-13H,1H3. The molecule has 0 N–H and O–H groups in total. The molecular formula is C17H15N3OS. The largest absolute Gasteiger partial charge is 0.293 e. The first-order chi connectivity index (χ1) is 10.8. The zero-order chi connectivity index (χ0) is 15.4. The van der Waals surface area contributed by atoms with Crippen molar-refractivity contribution in [2.24, 2.45) is 0 Å². The van der Waals surface area contributed by atoms with Crippen LogP contribution < -0.4 is 0 Å². The molecule has 3 aromatic rings. The predicted octanol–water partition coefficient (Wildman–Crippen LogP) is 3.63. The maximum atomic E-state index is 12.4. The monoisotopic (exact) mass is 309 g/mol. The molecule has 1 atom stereocenters. The molecule has 1 unspecified atom stereocenters. The molecule has 0 amide bonds. The molecule has 0 radical (unpaired) electrons. The normalized spacial score (nSPS) is 12.0. The van der Waals surface area contributed by atoms with Crippen molar-refractivity contribution in [3.8, 4) is 5.69 Å². The minimum absolute atomic E-state index is 0.0909. The van der Waals surface area contributed by atoms with Gasteiger partial charge in [0.1, 0.15) is 6.33 Å². The van der Waals surface area contributed by atoms with E-state index in [2.05, 4.69) is 10.2 Å². The molecule has 22 heavy (non-hydrogen) atoms. The fourth-order valence-electron chi connectivity index (χ4n) is 2.12. The average Bonchev–Trinajstić information content (AvgIpc) is 3.04. The highest BCUT2D eigenvalue weighted by atomic mass is 32.2. The molecule has 0 aliphatic rings. The van der Waals surface area contributed by atoms with Crippen LogP contribution in [0.5, 0.6) is 0 Å². The minimum atomic E-state index is -0.228. The van der Waals surface area contributed by atoms with Gasteiger partial charge in [-0.15, -0.1) is 10.2 Å². The van der Waals surface area contributed by atoms with Crippen LogP contribution in [0.4, 0.5) is 0 Å². The van der Waals surface area contributed by atoms with Crippen LogP contribution in [0.25, 0.3) is 5.69 Å². The quantitative estimate of drug-likeness (QED) is 0.533. The van der Waals surface area contributed by atoms with Gasteiger partial charge in [-0.2, -0.15) is 0 Å². The number of hydrogen-bond donors (Lipinski definition) is 0. The van der Waals surface area contributed by atoms with Gasteiger partial charge in [0.2, 0.25) is 0 Å². The summed E-state index contributed by atoms with van der Waals surface area (Å²) >= 11 is 1.41. The van der Waals surface area contributed by atoms with Gasteiger partial charge in [-0.05, 0) is 19.1 Å². The molecule has 1 aromatic heterocycles. The Morgan fingerprint density at radius 2 is 1.68 bits per heavy atom. The number of ketones is 1. The van der Waals surface area contributed by atoms with E-state index in [4.69, 9.17) is 0 Å². The third-order valence-electron chi connectivity index (χ3n) is 3.26. The fourth-order valence-corrected chi connectivity index (χ4v) is 3.04. The summed E-state index contributed by atoms with van der Waals surface area (Å²) in [6.07, 6.45) is 1.66. The highest BCUT2D eigenvalue weighted by Crippen LogP contribution is 2.25. The van der Waals surface area contributed by atoms with Crippen molar-refractivity contribution in [1.29, 1.82) is 0 Å². The number of carbonyl (C=O) groups excluding carboxylic acids is 1. The fraction of sp³-hybridized carbons (Fsp3) is 0.118. The summed E-state index contributed by atoms with van der Waals surface area (Å²) in [7, 11) is 0. The Morgan fingerprint density at radius 1 is 1.05 bits per heavy atom. The molecule has 3 rings (SSSR count). The number of aromatic nitrogens is 3. The number of hydrogen-bond acceptors (Lipinski definition) is 4. The number of carbonyl (C=O) groups is 1. The summed E-state index contributed by atoms with van der Waals surface area (Å²) in [5, 5.41) is 8.58. The van der Waals surface area contributed by atoms with Crippen molar-refractivity contribution in [3.05, 3.63) is 72.6 Å². The van der Waals surface area contributed by atoms with E-state index >= 15 is 0 Å². The second kappa shape index (κ2) is 6.58. The molecule has 110 valence electrons. The molecular weight excluding hydrogens is 294 g/mol. The minimum Gasteiger partial charge on any atom is -0.293 e. The molecule has 0 aliphatic heterocycles. The molecule has 0 saturated heterocycles. The van der Waals surface area contributed by atoms with E-state index in [0.717, 1.165) is 5.69 Å². The first-order valence-corrected chi connectivity index (χ1v) is 7.85. The van der Waals surface area contributed by atoms with Crippen molar-refractivity contribution >= 4 is 17.5 Å². The maximum absolute atomic E-state index is 12.4. The third-order valence-corrected chi connectivity index (χ3v) is 4.32. The van der Waals surface area contributed by atoms with Crippen LogP contribution in [0, 0.1) is 0 Å². The first kappa shape index (κ1) is 14.5. The number of rotatable bonds is 5. The van der Waals surface area contributed by atoms with Gasteiger partial charge in [-0.1, -0.05) is 60.3 Å². The Kier molecular flexibility index (Phi) is 4.34. The lowest BCUT2D eigenvalue weighted by Crippen LogP contribution is -2.14. The molecule has 1 heterocycles. The summed E-state index contributed by atoms with van der Waals surface area (Å²) in [5.41, 5.74) is 1.70. The lowest BCUT2D eigenvalue weighted by molar-refractivity contribution is 0.0994. The third kappa shape index (κ3) is 3.09. The van der Waals surface area contributed by atoms with Gasteiger partial charge in [0.25, 0.3) is 0 Å². The highest BCUT2D eigenvalue weighted by molar-refractivity contribution is 8.00. The van der Waals surface area contributed by atoms with Gasteiger partial charge in [0.15, 0.2) is 10.9 Å². The molecule has 0 spiro atoms. The summed E-state index contributed by atoms with van der Waals surface area (Å²) in [4.78, 5) is 12.4. The predicted molar refractivity (Wildman–Crippen MR) is 87.5 cm³/mol. The molecule has 4 nitrogen and oxygen atoms in total. The summed E-state index contributed by atoms with van der Waals surface area (Å²) in [6, 6.07) is 19.2.